The van der Waals surface area contributed by atoms with Gasteiger partial charge in [0.15, 0.2) is 5.82 Å². The predicted octanol–water partition coefficient (Wildman–Crippen LogP) is 16.0. The highest BCUT2D eigenvalue weighted by molar-refractivity contribution is 7.99. The second-order valence-corrected chi connectivity index (χ2v) is 19.1. The van der Waals surface area contributed by atoms with Gasteiger partial charge in [-0.1, -0.05) is 176 Å². The lowest BCUT2D eigenvalue weighted by Gasteiger charge is -2.39. The maximum atomic E-state index is 5.52. The van der Waals surface area contributed by atoms with E-state index in [1.54, 1.807) is 0 Å². The van der Waals surface area contributed by atoms with Crippen molar-refractivity contribution >= 4 is 64.9 Å². The summed E-state index contributed by atoms with van der Waals surface area (Å²) in [7, 11) is 0. The molecular formula is C60H35N3S2. The molecule has 3 nitrogen and oxygen atoms in total. The van der Waals surface area contributed by atoms with Gasteiger partial charge >= 0.3 is 0 Å². The number of hydrogen-bond donors (Lipinski definition) is 0. The first-order chi connectivity index (χ1) is 32.2. The highest BCUT2D eigenvalue weighted by Crippen LogP contribution is 2.63. The maximum Gasteiger partial charge on any atom is 0.160 e. The largest absolute Gasteiger partial charge is 0.247 e. The Bertz CT molecular complexity index is 3900. The van der Waals surface area contributed by atoms with Gasteiger partial charge in [-0.05, 0) is 87.3 Å². The van der Waals surface area contributed by atoms with Crippen molar-refractivity contribution in [3.05, 3.63) is 235 Å². The highest BCUT2D eigenvalue weighted by Gasteiger charge is 2.50. The van der Waals surface area contributed by atoms with Gasteiger partial charge in [-0.25, -0.2) is 15.0 Å². The van der Waals surface area contributed by atoms with Crippen LogP contribution in [-0.4, -0.2) is 15.0 Å². The van der Waals surface area contributed by atoms with Crippen molar-refractivity contribution in [3.8, 4) is 56.3 Å². The summed E-state index contributed by atoms with van der Waals surface area (Å²) in [6.07, 6.45) is 0. The van der Waals surface area contributed by atoms with Gasteiger partial charge in [0.1, 0.15) is 0 Å². The first-order valence-corrected chi connectivity index (χ1v) is 23.6. The highest BCUT2D eigenvalue weighted by atomic mass is 32.2. The van der Waals surface area contributed by atoms with Crippen molar-refractivity contribution in [3.63, 3.8) is 0 Å². The van der Waals surface area contributed by atoms with Gasteiger partial charge in [0, 0.05) is 63.0 Å². The average Bonchev–Trinajstić information content (AvgIpc) is 3.89. The Balaban J connectivity index is 1.00. The van der Waals surface area contributed by atoms with E-state index < -0.39 is 5.41 Å². The number of aromatic nitrogens is 3. The normalized spacial score (nSPS) is 13.3. The van der Waals surface area contributed by atoms with Gasteiger partial charge < -0.3 is 0 Å². The minimum Gasteiger partial charge on any atom is -0.247 e. The zero-order valence-electron chi connectivity index (χ0n) is 34.9. The van der Waals surface area contributed by atoms with Crippen LogP contribution in [0.3, 0.4) is 0 Å². The standard InChI is InChI=1S/C60H35N3S2/c1-2-16-36(17-3-1)59-62-52(35-53(63-59)43-24-15-23-42-41-22-6-11-29-54(41)65-58(42)43)37-18-14-19-38(32-37)57-46-33-45-39-20-4-7-25-47(39)60(50(45)34-44(46)40-21-5-10-28-51(40)61-57)48-26-8-12-30-55(48)64-56-31-13-9-27-49(56)60/h1-35H. The van der Waals surface area contributed by atoms with Crippen LogP contribution in [0.25, 0.3) is 98.1 Å². The minimum absolute atomic E-state index is 0.468. The van der Waals surface area contributed by atoms with Gasteiger partial charge in [-0.2, -0.15) is 0 Å². The Morgan fingerprint density at radius 3 is 1.83 bits per heavy atom. The molecule has 0 amide bonds. The van der Waals surface area contributed by atoms with E-state index in [0.717, 1.165) is 55.6 Å². The molecule has 12 aromatic rings. The first-order valence-electron chi connectivity index (χ1n) is 22.0. The molecule has 0 radical (unpaired) electrons. The van der Waals surface area contributed by atoms with Crippen LogP contribution in [-0.2, 0) is 5.41 Å². The zero-order valence-corrected chi connectivity index (χ0v) is 36.5. The molecule has 0 bridgehead atoms. The Labute approximate surface area is 383 Å². The number of benzene rings is 9. The number of fused-ring (bicyclic) bond motifs is 15. The topological polar surface area (TPSA) is 38.7 Å². The molecule has 0 atom stereocenters. The summed E-state index contributed by atoms with van der Waals surface area (Å²) in [6, 6.07) is 77.2. The molecule has 0 saturated heterocycles. The summed E-state index contributed by atoms with van der Waals surface area (Å²) in [4.78, 5) is 18.7. The van der Waals surface area contributed by atoms with E-state index in [-0.39, 0.29) is 0 Å². The summed E-state index contributed by atoms with van der Waals surface area (Å²) in [5.74, 6) is 0.698. The molecule has 14 rings (SSSR count). The molecule has 3 aromatic heterocycles. The van der Waals surface area contributed by atoms with E-state index in [2.05, 4.69) is 206 Å². The van der Waals surface area contributed by atoms with Crippen molar-refractivity contribution in [2.45, 2.75) is 15.2 Å². The van der Waals surface area contributed by atoms with Crippen molar-refractivity contribution in [2.75, 3.05) is 0 Å². The van der Waals surface area contributed by atoms with Crippen molar-refractivity contribution in [1.82, 2.24) is 15.0 Å². The number of hydrogen-bond acceptors (Lipinski definition) is 5. The summed E-state index contributed by atoms with van der Waals surface area (Å²) >= 11 is 3.70. The molecule has 4 heterocycles. The van der Waals surface area contributed by atoms with E-state index >= 15 is 0 Å². The van der Waals surface area contributed by atoms with Crippen LogP contribution < -0.4 is 0 Å². The van der Waals surface area contributed by atoms with Crippen LogP contribution in [0.15, 0.2) is 222 Å². The van der Waals surface area contributed by atoms with Crippen LogP contribution in [0.5, 0.6) is 0 Å². The monoisotopic (exact) mass is 861 g/mol. The fourth-order valence-corrected chi connectivity index (χ4v) is 13.2. The molecule has 0 N–H and O–H groups in total. The fourth-order valence-electron chi connectivity index (χ4n) is 10.7. The third kappa shape index (κ3) is 5.40. The molecule has 0 fully saturated rings. The summed E-state index contributed by atoms with van der Waals surface area (Å²) in [5, 5.41) is 5.99. The fraction of sp³-hybridized carbons (Fsp3) is 0.0167. The van der Waals surface area contributed by atoms with Gasteiger partial charge in [0.25, 0.3) is 0 Å². The predicted molar refractivity (Wildman–Crippen MR) is 271 cm³/mol. The van der Waals surface area contributed by atoms with E-state index in [0.29, 0.717) is 5.82 Å². The van der Waals surface area contributed by atoms with Crippen molar-refractivity contribution < 1.29 is 0 Å². The average molecular weight is 862 g/mol. The lowest BCUT2D eigenvalue weighted by atomic mass is 9.67. The number of pyridine rings is 1. The number of para-hydroxylation sites is 1. The van der Waals surface area contributed by atoms with Gasteiger partial charge in [0.05, 0.1) is 28.0 Å². The molecule has 1 aliphatic carbocycles. The molecule has 302 valence electrons. The molecular weight excluding hydrogens is 827 g/mol. The molecule has 5 heteroatoms. The molecule has 65 heavy (non-hydrogen) atoms. The lowest BCUT2D eigenvalue weighted by molar-refractivity contribution is 0.723. The smallest absolute Gasteiger partial charge is 0.160 e. The Hall–Kier alpha value is -7.70. The van der Waals surface area contributed by atoms with E-state index in [4.69, 9.17) is 15.0 Å². The van der Waals surface area contributed by atoms with Crippen molar-refractivity contribution in [2.24, 2.45) is 0 Å². The van der Waals surface area contributed by atoms with Gasteiger partial charge in [-0.3, -0.25) is 0 Å². The van der Waals surface area contributed by atoms with Crippen LogP contribution in [0.4, 0.5) is 0 Å². The first kappa shape index (κ1) is 36.8. The number of thiophene rings is 1. The summed E-state index contributed by atoms with van der Waals surface area (Å²) in [6.45, 7) is 0. The zero-order chi connectivity index (χ0) is 42.6. The third-order valence-corrected chi connectivity index (χ3v) is 15.9. The Kier molecular flexibility index (Phi) is 8.00. The second kappa shape index (κ2) is 14.2. The lowest BCUT2D eigenvalue weighted by Crippen LogP contribution is -2.31. The summed E-state index contributed by atoms with van der Waals surface area (Å²) < 4.78 is 2.50. The molecule has 1 aliphatic heterocycles. The van der Waals surface area contributed by atoms with Crippen LogP contribution in [0.2, 0.25) is 0 Å². The molecule has 0 saturated carbocycles. The van der Waals surface area contributed by atoms with Crippen molar-refractivity contribution in [1.29, 1.82) is 0 Å². The number of rotatable bonds is 4. The van der Waals surface area contributed by atoms with E-state index in [1.807, 2.05) is 29.2 Å². The van der Waals surface area contributed by atoms with Crippen LogP contribution in [0, 0.1) is 0 Å². The Morgan fingerprint density at radius 1 is 0.354 bits per heavy atom. The number of nitrogens with zero attached hydrogens (tertiary/aromatic N) is 3. The summed E-state index contributed by atoms with van der Waals surface area (Å²) in [5.41, 5.74) is 15.2. The molecule has 2 aliphatic rings. The van der Waals surface area contributed by atoms with Crippen LogP contribution in [0.1, 0.15) is 22.3 Å². The molecule has 9 aromatic carbocycles. The maximum absolute atomic E-state index is 5.52. The quantitative estimate of drug-likeness (QED) is 0.165. The third-order valence-electron chi connectivity index (χ3n) is 13.5. The van der Waals surface area contributed by atoms with Gasteiger partial charge in [-0.15, -0.1) is 11.3 Å². The molecule has 0 unspecified atom stereocenters. The second-order valence-electron chi connectivity index (χ2n) is 17.0. The molecule has 1 spiro atoms. The van der Waals surface area contributed by atoms with E-state index in [9.17, 15) is 0 Å². The Morgan fingerprint density at radius 2 is 0.985 bits per heavy atom. The van der Waals surface area contributed by atoms with Crippen LogP contribution >= 0.6 is 23.1 Å². The minimum atomic E-state index is -0.468. The van der Waals surface area contributed by atoms with E-state index in [1.165, 1.54) is 68.7 Å². The van der Waals surface area contributed by atoms with Gasteiger partial charge in [0.2, 0.25) is 0 Å². The SMILES string of the molecule is c1ccc(-c2nc(-c3cccc(-c4nc5ccccc5c5cc6c(cc45)-c4ccccc4C64c5ccccc5Sc5ccccc54)c3)cc(-c3cccc4c3sc3ccccc34)n2)cc1.